The van der Waals surface area contributed by atoms with Gasteiger partial charge in [-0.25, -0.2) is 0 Å². The molecule has 2 saturated heterocycles. The highest BCUT2D eigenvalue weighted by molar-refractivity contribution is 5.90. The van der Waals surface area contributed by atoms with Crippen LogP contribution in [-0.2, 0) is 27.4 Å². The summed E-state index contributed by atoms with van der Waals surface area (Å²) < 4.78 is 11.5. The summed E-state index contributed by atoms with van der Waals surface area (Å²) in [6, 6.07) is 17.1. The van der Waals surface area contributed by atoms with Crippen LogP contribution in [0.1, 0.15) is 50.7 Å². The van der Waals surface area contributed by atoms with Crippen molar-refractivity contribution < 1.29 is 19.1 Å². The second kappa shape index (κ2) is 14.3. The minimum atomic E-state index is -0.590. The van der Waals surface area contributed by atoms with E-state index in [-0.39, 0.29) is 17.9 Å². The van der Waals surface area contributed by atoms with Crippen LogP contribution in [0, 0.1) is 5.92 Å². The van der Waals surface area contributed by atoms with Crippen LogP contribution < -0.4 is 10.1 Å². The van der Waals surface area contributed by atoms with Crippen molar-refractivity contribution in [1.82, 2.24) is 15.1 Å². The molecule has 2 aliphatic rings. The van der Waals surface area contributed by atoms with E-state index in [4.69, 9.17) is 9.47 Å². The van der Waals surface area contributed by atoms with E-state index in [1.54, 1.807) is 0 Å². The van der Waals surface area contributed by atoms with Gasteiger partial charge in [-0.2, -0.15) is 0 Å². The van der Waals surface area contributed by atoms with Crippen LogP contribution in [0.5, 0.6) is 5.75 Å². The number of hydrogen-bond donors (Lipinski definition) is 1. The van der Waals surface area contributed by atoms with E-state index in [1.807, 2.05) is 59.5 Å². The zero-order chi connectivity index (χ0) is 26.7. The molecule has 0 unspecified atom stereocenters. The smallest absolute Gasteiger partial charge is 0.245 e. The molecule has 2 heterocycles. The molecule has 0 bridgehead atoms. The number of morpholine rings is 1. The van der Waals surface area contributed by atoms with Crippen molar-refractivity contribution >= 4 is 11.8 Å². The van der Waals surface area contributed by atoms with Crippen LogP contribution in [-0.4, -0.2) is 73.1 Å². The van der Waals surface area contributed by atoms with Gasteiger partial charge in [-0.3, -0.25) is 14.5 Å². The van der Waals surface area contributed by atoms with Crippen molar-refractivity contribution in [1.29, 1.82) is 0 Å². The maximum absolute atomic E-state index is 13.7. The molecule has 0 radical (unpaired) electrons. The topological polar surface area (TPSA) is 71.1 Å². The van der Waals surface area contributed by atoms with Gasteiger partial charge < -0.3 is 19.7 Å². The molecule has 4 rings (SSSR count). The number of carbonyl (C=O) groups is 2. The van der Waals surface area contributed by atoms with Gasteiger partial charge in [-0.05, 0) is 54.9 Å². The summed E-state index contributed by atoms with van der Waals surface area (Å²) in [6.45, 7) is 9.04. The first-order valence-corrected chi connectivity index (χ1v) is 14.2. The lowest BCUT2D eigenvalue weighted by Crippen LogP contribution is -2.57. The van der Waals surface area contributed by atoms with E-state index in [9.17, 15) is 9.59 Å². The predicted octanol–water partition coefficient (Wildman–Crippen LogP) is 4.05. The number of rotatable bonds is 11. The number of carbonyl (C=O) groups excluding carboxylic acids is 2. The third-order valence-electron chi connectivity index (χ3n) is 7.38. The Morgan fingerprint density at radius 3 is 2.24 bits per heavy atom. The first-order chi connectivity index (χ1) is 18.5. The summed E-state index contributed by atoms with van der Waals surface area (Å²) in [6.07, 6.45) is 4.40. The van der Waals surface area contributed by atoms with Crippen LogP contribution in [0.25, 0.3) is 0 Å². The molecule has 0 aromatic heterocycles. The standard InChI is InChI=1S/C31H43N3O4/c1-24(2)21-29(33-17-19-37-20-18-33)30(35)32-28(31(36)34-15-7-4-8-16-34)22-25-11-13-27(14-12-25)38-23-26-9-5-3-6-10-26/h3,5-6,9-14,24,28-29H,4,7-8,15-23H2,1-2H3,(H,32,35)/t28-,29+/m0/s1. The fraction of sp³-hybridized carbons (Fsp3) is 0.548. The molecular formula is C31H43N3O4. The van der Waals surface area contributed by atoms with E-state index in [0.29, 0.717) is 32.2 Å². The van der Waals surface area contributed by atoms with Crippen LogP contribution in [0.3, 0.4) is 0 Å². The van der Waals surface area contributed by atoms with Gasteiger partial charge in [0.25, 0.3) is 0 Å². The maximum atomic E-state index is 13.7. The van der Waals surface area contributed by atoms with Gasteiger partial charge in [0, 0.05) is 32.6 Å². The SMILES string of the molecule is CC(C)C[C@H](C(=O)N[C@@H](Cc1ccc(OCc2ccccc2)cc1)C(=O)N1CCCCC1)N1CCOCC1. The second-order valence-corrected chi connectivity index (χ2v) is 10.9. The Morgan fingerprint density at radius 2 is 1.58 bits per heavy atom. The summed E-state index contributed by atoms with van der Waals surface area (Å²) in [4.78, 5) is 31.4. The highest BCUT2D eigenvalue weighted by atomic mass is 16.5. The predicted molar refractivity (Wildman–Crippen MR) is 149 cm³/mol. The minimum Gasteiger partial charge on any atom is -0.489 e. The van der Waals surface area contributed by atoms with Crippen molar-refractivity contribution in [2.24, 2.45) is 5.92 Å². The fourth-order valence-electron chi connectivity index (χ4n) is 5.26. The van der Waals surface area contributed by atoms with Crippen molar-refractivity contribution in [3.8, 4) is 5.75 Å². The molecule has 0 spiro atoms. The Hall–Kier alpha value is -2.90. The maximum Gasteiger partial charge on any atom is 0.245 e. The average Bonchev–Trinajstić information content (AvgIpc) is 2.96. The third-order valence-corrected chi connectivity index (χ3v) is 7.38. The summed E-state index contributed by atoms with van der Waals surface area (Å²) in [5.74, 6) is 1.12. The largest absolute Gasteiger partial charge is 0.489 e. The molecule has 0 aliphatic carbocycles. The van der Waals surface area contributed by atoms with Gasteiger partial charge in [-0.15, -0.1) is 0 Å². The fourth-order valence-corrected chi connectivity index (χ4v) is 5.26. The monoisotopic (exact) mass is 521 g/mol. The number of likely N-dealkylation sites (tertiary alicyclic amines) is 1. The van der Waals surface area contributed by atoms with E-state index >= 15 is 0 Å². The Labute approximate surface area is 227 Å². The quantitative estimate of drug-likeness (QED) is 0.483. The highest BCUT2D eigenvalue weighted by Gasteiger charge is 2.33. The van der Waals surface area contributed by atoms with Gasteiger partial charge in [0.05, 0.1) is 19.3 Å². The van der Waals surface area contributed by atoms with Gasteiger partial charge >= 0.3 is 0 Å². The summed E-state index contributed by atoms with van der Waals surface area (Å²) in [7, 11) is 0. The lowest BCUT2D eigenvalue weighted by atomic mass is 9.99. The Morgan fingerprint density at radius 1 is 0.895 bits per heavy atom. The van der Waals surface area contributed by atoms with Crippen LogP contribution in [0.15, 0.2) is 54.6 Å². The van der Waals surface area contributed by atoms with E-state index in [0.717, 1.165) is 68.7 Å². The summed E-state index contributed by atoms with van der Waals surface area (Å²) >= 11 is 0. The first kappa shape index (κ1) is 28.1. The molecule has 7 nitrogen and oxygen atoms in total. The van der Waals surface area contributed by atoms with Crippen molar-refractivity contribution in [3.05, 3.63) is 65.7 Å². The minimum absolute atomic E-state index is 0.0210. The highest BCUT2D eigenvalue weighted by Crippen LogP contribution is 2.19. The van der Waals surface area contributed by atoms with Crippen LogP contribution >= 0.6 is 0 Å². The molecule has 0 saturated carbocycles. The second-order valence-electron chi connectivity index (χ2n) is 10.9. The lowest BCUT2D eigenvalue weighted by molar-refractivity contribution is -0.139. The van der Waals surface area contributed by atoms with E-state index < -0.39 is 6.04 Å². The van der Waals surface area contributed by atoms with Gasteiger partial charge in [0.15, 0.2) is 0 Å². The number of piperidine rings is 1. The van der Waals surface area contributed by atoms with Crippen LogP contribution in [0.4, 0.5) is 0 Å². The normalized spacial score (nSPS) is 18.1. The summed E-state index contributed by atoms with van der Waals surface area (Å²) in [5.41, 5.74) is 2.11. The lowest BCUT2D eigenvalue weighted by Gasteiger charge is -2.36. The van der Waals surface area contributed by atoms with Crippen molar-refractivity contribution in [2.45, 2.75) is 64.6 Å². The molecule has 38 heavy (non-hydrogen) atoms. The molecule has 2 aromatic carbocycles. The van der Waals surface area contributed by atoms with Crippen molar-refractivity contribution in [3.63, 3.8) is 0 Å². The zero-order valence-electron chi connectivity index (χ0n) is 22.9. The number of benzene rings is 2. The molecule has 1 N–H and O–H groups in total. The molecule has 2 fully saturated rings. The van der Waals surface area contributed by atoms with Gasteiger partial charge in [0.1, 0.15) is 18.4 Å². The molecule has 7 heteroatoms. The van der Waals surface area contributed by atoms with E-state index in [2.05, 4.69) is 24.1 Å². The average molecular weight is 522 g/mol. The first-order valence-electron chi connectivity index (χ1n) is 14.2. The van der Waals surface area contributed by atoms with Gasteiger partial charge in [0.2, 0.25) is 11.8 Å². The Bertz CT molecular complexity index is 1000. The molecule has 2 aromatic rings. The van der Waals surface area contributed by atoms with Crippen molar-refractivity contribution in [2.75, 3.05) is 39.4 Å². The number of ether oxygens (including phenoxy) is 2. The van der Waals surface area contributed by atoms with Gasteiger partial charge in [-0.1, -0.05) is 56.3 Å². The molecule has 206 valence electrons. The number of hydrogen-bond acceptors (Lipinski definition) is 5. The Kier molecular flexibility index (Phi) is 10.6. The number of nitrogens with zero attached hydrogens (tertiary/aromatic N) is 2. The molecule has 2 aliphatic heterocycles. The number of nitrogens with one attached hydrogen (secondary N) is 1. The number of amides is 2. The zero-order valence-corrected chi connectivity index (χ0v) is 22.9. The van der Waals surface area contributed by atoms with E-state index in [1.165, 1.54) is 0 Å². The molecular weight excluding hydrogens is 478 g/mol. The third kappa shape index (κ3) is 8.30. The summed E-state index contributed by atoms with van der Waals surface area (Å²) in [5, 5.41) is 3.18. The Balaban J connectivity index is 1.45. The van der Waals surface area contributed by atoms with Crippen LogP contribution in [0.2, 0.25) is 0 Å². The molecule has 2 atom stereocenters. The molecule has 2 amide bonds.